The Balaban J connectivity index is 1.72. The molecule has 8 nitrogen and oxygen atoms in total. The van der Waals surface area contributed by atoms with Crippen LogP contribution in [0.1, 0.15) is 67.1 Å². The van der Waals surface area contributed by atoms with Crippen LogP contribution in [0.2, 0.25) is 0 Å². The molecule has 1 aliphatic rings. The number of Topliss-reactive ketones (excluding diaryl/α,β-unsaturated/α-hetero) is 2. The van der Waals surface area contributed by atoms with Crippen LogP contribution in [0.25, 0.3) is 0 Å². The van der Waals surface area contributed by atoms with Crippen molar-refractivity contribution in [3.63, 3.8) is 0 Å². The third kappa shape index (κ3) is 4.29. The van der Waals surface area contributed by atoms with Crippen molar-refractivity contribution in [1.29, 1.82) is 0 Å². The molecule has 0 aliphatic heterocycles. The first-order valence-electron chi connectivity index (χ1n) is 9.76. The molecule has 2 aromatic carbocycles. The first kappa shape index (κ1) is 21.4. The number of nitrogen functional groups attached to an aromatic ring is 2. The lowest BCUT2D eigenvalue weighted by molar-refractivity contribution is 0.0792. The van der Waals surface area contributed by atoms with Gasteiger partial charge in [-0.25, -0.2) is 11.7 Å². The number of amides is 2. The predicted octanol–water partition coefficient (Wildman–Crippen LogP) is 1.77. The minimum Gasteiger partial charge on any atom is -0.294 e. The number of rotatable bonds is 6. The molecule has 8 heteroatoms. The van der Waals surface area contributed by atoms with Crippen LogP contribution in [0, 0.1) is 11.8 Å². The highest BCUT2D eigenvalue weighted by atomic mass is 16.2. The molecule has 3 rings (SSSR count). The van der Waals surface area contributed by atoms with Crippen LogP contribution in [-0.4, -0.2) is 23.4 Å². The van der Waals surface area contributed by atoms with E-state index >= 15 is 0 Å². The van der Waals surface area contributed by atoms with Gasteiger partial charge in [-0.15, -0.1) is 0 Å². The number of carbonyl (C=O) groups is 4. The third-order valence-corrected chi connectivity index (χ3v) is 5.61. The van der Waals surface area contributed by atoms with Gasteiger partial charge in [0.1, 0.15) is 0 Å². The van der Waals surface area contributed by atoms with Gasteiger partial charge in [-0.2, -0.15) is 0 Å². The second kappa shape index (κ2) is 9.43. The van der Waals surface area contributed by atoms with Crippen molar-refractivity contribution in [3.05, 3.63) is 70.8 Å². The molecule has 0 unspecified atom stereocenters. The van der Waals surface area contributed by atoms with Gasteiger partial charge >= 0.3 is 0 Å². The molecule has 0 aromatic heterocycles. The van der Waals surface area contributed by atoms with Crippen molar-refractivity contribution in [2.75, 3.05) is 0 Å². The minimum atomic E-state index is -0.516. The zero-order valence-corrected chi connectivity index (χ0v) is 16.4. The number of hydrogen-bond donors (Lipinski definition) is 4. The van der Waals surface area contributed by atoms with Gasteiger partial charge in [0.05, 0.1) is 11.1 Å². The van der Waals surface area contributed by atoms with Gasteiger partial charge in [-0.1, -0.05) is 36.4 Å². The summed E-state index contributed by atoms with van der Waals surface area (Å²) in [5.41, 5.74) is 5.27. The highest BCUT2D eigenvalue weighted by molar-refractivity contribution is 6.10. The van der Waals surface area contributed by atoms with E-state index in [4.69, 9.17) is 11.7 Å². The topological polar surface area (TPSA) is 144 Å². The van der Waals surface area contributed by atoms with Crippen LogP contribution in [0.15, 0.2) is 48.5 Å². The van der Waals surface area contributed by atoms with Crippen LogP contribution in [-0.2, 0) is 0 Å². The van der Waals surface area contributed by atoms with E-state index in [2.05, 4.69) is 10.9 Å². The van der Waals surface area contributed by atoms with Crippen molar-refractivity contribution >= 4 is 23.4 Å². The van der Waals surface area contributed by atoms with E-state index in [1.54, 1.807) is 48.5 Å². The van der Waals surface area contributed by atoms with E-state index in [1.807, 2.05) is 0 Å². The molecule has 0 spiro atoms. The molecule has 0 saturated heterocycles. The van der Waals surface area contributed by atoms with E-state index in [1.165, 1.54) is 0 Å². The van der Waals surface area contributed by atoms with E-state index in [0.29, 0.717) is 36.8 Å². The van der Waals surface area contributed by atoms with E-state index in [9.17, 15) is 19.2 Å². The smallest absolute Gasteiger partial charge is 0.265 e. The number of nitrogens with one attached hydrogen (secondary N) is 2. The summed E-state index contributed by atoms with van der Waals surface area (Å²) in [6.45, 7) is 0. The number of benzene rings is 2. The van der Waals surface area contributed by atoms with Gasteiger partial charge in [0.25, 0.3) is 11.8 Å². The minimum absolute atomic E-state index is 0.122. The van der Waals surface area contributed by atoms with Gasteiger partial charge in [0.2, 0.25) is 0 Å². The molecule has 1 aliphatic carbocycles. The zero-order chi connectivity index (χ0) is 21.7. The number of hydrogen-bond acceptors (Lipinski definition) is 6. The number of carbonyl (C=O) groups excluding carboxylic acids is 4. The Morgan fingerprint density at radius 2 is 0.900 bits per heavy atom. The monoisotopic (exact) mass is 408 g/mol. The number of ketones is 2. The highest BCUT2D eigenvalue weighted by Gasteiger charge is 2.33. The van der Waals surface area contributed by atoms with E-state index in [-0.39, 0.29) is 34.5 Å². The maximum Gasteiger partial charge on any atom is 0.265 e. The zero-order valence-electron chi connectivity index (χ0n) is 16.4. The molecular weight excluding hydrogens is 384 g/mol. The molecule has 1 fully saturated rings. The first-order valence-corrected chi connectivity index (χ1v) is 9.76. The summed E-state index contributed by atoms with van der Waals surface area (Å²) in [6.07, 6.45) is 2.11. The average molecular weight is 408 g/mol. The average Bonchev–Trinajstić information content (AvgIpc) is 2.82. The summed E-state index contributed by atoms with van der Waals surface area (Å²) in [6, 6.07) is 13.1. The molecule has 1 saturated carbocycles. The lowest BCUT2D eigenvalue weighted by Gasteiger charge is -2.27. The fraction of sp³-hybridized carbons (Fsp3) is 0.273. The van der Waals surface area contributed by atoms with Crippen LogP contribution >= 0.6 is 0 Å². The Labute approximate surface area is 173 Å². The molecule has 6 N–H and O–H groups in total. The Hall–Kier alpha value is -3.36. The second-order valence-electron chi connectivity index (χ2n) is 7.32. The maximum absolute atomic E-state index is 13.0. The lowest BCUT2D eigenvalue weighted by Crippen LogP contribution is -2.33. The van der Waals surface area contributed by atoms with Gasteiger partial charge in [-0.05, 0) is 37.8 Å². The van der Waals surface area contributed by atoms with E-state index < -0.39 is 11.8 Å². The summed E-state index contributed by atoms with van der Waals surface area (Å²) < 4.78 is 0. The van der Waals surface area contributed by atoms with Gasteiger partial charge < -0.3 is 0 Å². The molecule has 2 aromatic rings. The Morgan fingerprint density at radius 3 is 1.20 bits per heavy atom. The Kier molecular flexibility index (Phi) is 6.71. The molecule has 30 heavy (non-hydrogen) atoms. The Morgan fingerprint density at radius 1 is 0.600 bits per heavy atom. The third-order valence-electron chi connectivity index (χ3n) is 5.61. The molecule has 2 amide bonds. The van der Waals surface area contributed by atoms with Crippen LogP contribution < -0.4 is 22.5 Å². The first-order chi connectivity index (χ1) is 14.5. The SMILES string of the molecule is NNC(=O)c1ccccc1C(=O)C1CCC(C(=O)c2ccccc2C(=O)NN)CC1. The van der Waals surface area contributed by atoms with Gasteiger partial charge in [-0.3, -0.25) is 30.0 Å². The van der Waals surface area contributed by atoms with Crippen molar-refractivity contribution in [2.24, 2.45) is 23.5 Å². The second-order valence-corrected chi connectivity index (χ2v) is 7.32. The van der Waals surface area contributed by atoms with Crippen molar-refractivity contribution in [1.82, 2.24) is 10.9 Å². The molecule has 0 heterocycles. The number of hydrazine groups is 2. The van der Waals surface area contributed by atoms with Crippen LogP contribution in [0.4, 0.5) is 0 Å². The van der Waals surface area contributed by atoms with Crippen molar-refractivity contribution < 1.29 is 19.2 Å². The highest BCUT2D eigenvalue weighted by Crippen LogP contribution is 2.34. The fourth-order valence-electron chi connectivity index (χ4n) is 4.01. The van der Waals surface area contributed by atoms with Crippen molar-refractivity contribution in [2.45, 2.75) is 25.7 Å². The predicted molar refractivity (Wildman–Crippen MR) is 110 cm³/mol. The van der Waals surface area contributed by atoms with Crippen molar-refractivity contribution in [3.8, 4) is 0 Å². The molecular formula is C22H24N4O4. The maximum atomic E-state index is 13.0. The molecule has 156 valence electrons. The quantitative estimate of drug-likeness (QED) is 0.248. The van der Waals surface area contributed by atoms with Crippen LogP contribution in [0.5, 0.6) is 0 Å². The summed E-state index contributed by atoms with van der Waals surface area (Å²) in [4.78, 5) is 49.9. The summed E-state index contributed by atoms with van der Waals surface area (Å²) >= 11 is 0. The molecule has 0 radical (unpaired) electrons. The molecule has 0 bridgehead atoms. The van der Waals surface area contributed by atoms with E-state index in [0.717, 1.165) is 0 Å². The standard InChI is InChI=1S/C22H24N4O4/c23-25-21(29)17-7-3-1-5-15(17)19(27)13-9-11-14(12-10-13)20(28)16-6-2-4-8-18(16)22(30)26-24/h1-8,13-14H,9-12,23-24H2,(H,25,29)(H,26,30). The normalized spacial score (nSPS) is 18.3. The summed E-state index contributed by atoms with van der Waals surface area (Å²) in [5.74, 6) is 8.61. The van der Waals surface area contributed by atoms with Gasteiger partial charge in [0.15, 0.2) is 11.6 Å². The largest absolute Gasteiger partial charge is 0.294 e. The lowest BCUT2D eigenvalue weighted by atomic mass is 9.75. The Bertz CT molecular complexity index is 901. The fourth-order valence-corrected chi connectivity index (χ4v) is 4.01. The summed E-state index contributed by atoms with van der Waals surface area (Å²) in [7, 11) is 0. The number of nitrogens with two attached hydrogens (primary N) is 2. The van der Waals surface area contributed by atoms with Gasteiger partial charge in [0, 0.05) is 23.0 Å². The summed E-state index contributed by atoms with van der Waals surface area (Å²) in [5, 5.41) is 0. The molecule has 0 atom stereocenters. The van der Waals surface area contributed by atoms with Crippen LogP contribution in [0.3, 0.4) is 0 Å².